The Bertz CT molecular complexity index is 141. The Morgan fingerprint density at radius 3 is 2.50 bits per heavy atom. The van der Waals surface area contributed by atoms with Crippen molar-refractivity contribution in [3.8, 4) is 0 Å². The third-order valence-corrected chi connectivity index (χ3v) is 1.47. The summed E-state index contributed by atoms with van der Waals surface area (Å²) in [5.74, 6) is -0.764. The first kappa shape index (κ1) is 11.4. The number of carboxylic acid groups (broad SMARTS) is 1. The SMILES string of the molecule is CCCOCC(C)(C)CC(=O)O. The second kappa shape index (κ2) is 5.14. The van der Waals surface area contributed by atoms with Crippen molar-refractivity contribution >= 4 is 5.97 Å². The average molecular weight is 174 g/mol. The van der Waals surface area contributed by atoms with Crippen molar-refractivity contribution in [2.45, 2.75) is 33.6 Å². The van der Waals surface area contributed by atoms with Gasteiger partial charge in [0.25, 0.3) is 0 Å². The monoisotopic (exact) mass is 174 g/mol. The van der Waals surface area contributed by atoms with E-state index in [4.69, 9.17) is 9.84 Å². The minimum Gasteiger partial charge on any atom is -0.481 e. The van der Waals surface area contributed by atoms with Gasteiger partial charge in [0.05, 0.1) is 13.0 Å². The van der Waals surface area contributed by atoms with Gasteiger partial charge in [0.1, 0.15) is 0 Å². The molecule has 12 heavy (non-hydrogen) atoms. The topological polar surface area (TPSA) is 46.5 Å². The predicted molar refractivity (Wildman–Crippen MR) is 47.1 cm³/mol. The molecular weight excluding hydrogens is 156 g/mol. The second-order valence-electron chi connectivity index (χ2n) is 3.79. The first-order valence-electron chi connectivity index (χ1n) is 4.27. The Morgan fingerprint density at radius 2 is 2.08 bits per heavy atom. The van der Waals surface area contributed by atoms with E-state index in [9.17, 15) is 4.79 Å². The van der Waals surface area contributed by atoms with Gasteiger partial charge in [-0.15, -0.1) is 0 Å². The van der Waals surface area contributed by atoms with Gasteiger partial charge in [0.15, 0.2) is 0 Å². The van der Waals surface area contributed by atoms with E-state index >= 15 is 0 Å². The molecule has 0 aromatic carbocycles. The lowest BCUT2D eigenvalue weighted by Crippen LogP contribution is -2.23. The zero-order chi connectivity index (χ0) is 9.61. The highest BCUT2D eigenvalue weighted by atomic mass is 16.5. The van der Waals surface area contributed by atoms with Gasteiger partial charge in [0, 0.05) is 6.61 Å². The largest absolute Gasteiger partial charge is 0.481 e. The van der Waals surface area contributed by atoms with Crippen LogP contribution in [0.3, 0.4) is 0 Å². The van der Waals surface area contributed by atoms with Gasteiger partial charge in [-0.2, -0.15) is 0 Å². The molecule has 0 saturated carbocycles. The summed E-state index contributed by atoms with van der Waals surface area (Å²) in [6.07, 6.45) is 1.14. The number of hydrogen-bond acceptors (Lipinski definition) is 2. The molecule has 0 amide bonds. The number of hydrogen-bond donors (Lipinski definition) is 1. The lowest BCUT2D eigenvalue weighted by molar-refractivity contribution is -0.140. The summed E-state index contributed by atoms with van der Waals surface area (Å²) in [6, 6.07) is 0. The van der Waals surface area contributed by atoms with Crippen LogP contribution in [0.1, 0.15) is 33.6 Å². The molecule has 0 unspecified atom stereocenters. The van der Waals surface area contributed by atoms with E-state index in [1.54, 1.807) is 0 Å². The second-order valence-corrected chi connectivity index (χ2v) is 3.79. The van der Waals surface area contributed by atoms with Gasteiger partial charge in [-0.1, -0.05) is 20.8 Å². The Labute approximate surface area is 73.7 Å². The number of carboxylic acids is 1. The molecule has 0 aliphatic heterocycles. The summed E-state index contributed by atoms with van der Waals surface area (Å²) < 4.78 is 5.29. The van der Waals surface area contributed by atoms with Crippen LogP contribution < -0.4 is 0 Å². The molecule has 0 aromatic heterocycles. The Balaban J connectivity index is 3.63. The molecular formula is C9H18O3. The fourth-order valence-electron chi connectivity index (χ4n) is 0.953. The molecule has 0 radical (unpaired) electrons. The smallest absolute Gasteiger partial charge is 0.303 e. The lowest BCUT2D eigenvalue weighted by Gasteiger charge is -2.21. The highest BCUT2D eigenvalue weighted by Crippen LogP contribution is 2.20. The van der Waals surface area contributed by atoms with Gasteiger partial charge >= 0.3 is 5.97 Å². The quantitative estimate of drug-likeness (QED) is 0.626. The Kier molecular flexibility index (Phi) is 4.90. The van der Waals surface area contributed by atoms with Gasteiger partial charge < -0.3 is 9.84 Å². The van der Waals surface area contributed by atoms with Gasteiger partial charge in [-0.05, 0) is 11.8 Å². The molecule has 0 atom stereocenters. The zero-order valence-electron chi connectivity index (χ0n) is 8.09. The third kappa shape index (κ3) is 6.16. The van der Waals surface area contributed by atoms with Crippen LogP contribution in [0.15, 0.2) is 0 Å². The number of carbonyl (C=O) groups is 1. The van der Waals surface area contributed by atoms with E-state index in [1.807, 2.05) is 20.8 Å². The van der Waals surface area contributed by atoms with Gasteiger partial charge in [-0.25, -0.2) is 0 Å². The Morgan fingerprint density at radius 1 is 1.50 bits per heavy atom. The molecule has 0 aliphatic carbocycles. The van der Waals surface area contributed by atoms with Crippen LogP contribution in [0.4, 0.5) is 0 Å². The maximum absolute atomic E-state index is 10.4. The fourth-order valence-corrected chi connectivity index (χ4v) is 0.953. The molecule has 0 rings (SSSR count). The van der Waals surface area contributed by atoms with Gasteiger partial charge in [0.2, 0.25) is 0 Å². The third-order valence-electron chi connectivity index (χ3n) is 1.47. The molecule has 3 heteroatoms. The highest BCUT2D eigenvalue weighted by molar-refractivity contribution is 5.67. The van der Waals surface area contributed by atoms with E-state index < -0.39 is 5.97 Å². The summed E-state index contributed by atoms with van der Waals surface area (Å²) >= 11 is 0. The van der Waals surface area contributed by atoms with E-state index in [-0.39, 0.29) is 11.8 Å². The van der Waals surface area contributed by atoms with E-state index in [0.29, 0.717) is 13.2 Å². The molecule has 72 valence electrons. The van der Waals surface area contributed by atoms with Crippen molar-refractivity contribution in [2.75, 3.05) is 13.2 Å². The summed E-state index contributed by atoms with van der Waals surface area (Å²) in [5.41, 5.74) is -0.249. The maximum atomic E-state index is 10.4. The predicted octanol–water partition coefficient (Wildman–Crippen LogP) is 1.91. The minimum atomic E-state index is -0.764. The van der Waals surface area contributed by atoms with Crippen molar-refractivity contribution in [1.82, 2.24) is 0 Å². The molecule has 0 bridgehead atoms. The lowest BCUT2D eigenvalue weighted by atomic mass is 9.91. The van der Waals surface area contributed by atoms with Crippen LogP contribution in [0.2, 0.25) is 0 Å². The maximum Gasteiger partial charge on any atom is 0.303 e. The summed E-state index contributed by atoms with van der Waals surface area (Å²) in [4.78, 5) is 10.4. The van der Waals surface area contributed by atoms with Crippen LogP contribution in [0.25, 0.3) is 0 Å². The van der Waals surface area contributed by atoms with Crippen LogP contribution in [0.5, 0.6) is 0 Å². The van der Waals surface area contributed by atoms with E-state index in [2.05, 4.69) is 0 Å². The van der Waals surface area contributed by atoms with E-state index in [1.165, 1.54) is 0 Å². The van der Waals surface area contributed by atoms with Crippen LogP contribution >= 0.6 is 0 Å². The molecule has 0 spiro atoms. The summed E-state index contributed by atoms with van der Waals surface area (Å²) in [5, 5.41) is 8.55. The van der Waals surface area contributed by atoms with Crippen molar-refractivity contribution in [1.29, 1.82) is 0 Å². The Hall–Kier alpha value is -0.570. The highest BCUT2D eigenvalue weighted by Gasteiger charge is 2.21. The number of rotatable bonds is 6. The van der Waals surface area contributed by atoms with Crippen molar-refractivity contribution in [3.05, 3.63) is 0 Å². The first-order valence-corrected chi connectivity index (χ1v) is 4.27. The first-order chi connectivity index (χ1) is 5.48. The molecule has 0 heterocycles. The van der Waals surface area contributed by atoms with Gasteiger partial charge in [-0.3, -0.25) is 4.79 Å². The standard InChI is InChI=1S/C9H18O3/c1-4-5-12-7-9(2,3)6-8(10)11/h4-7H2,1-3H3,(H,10,11). The molecule has 0 aromatic rings. The average Bonchev–Trinajstić information content (AvgIpc) is 1.84. The molecule has 0 aliphatic rings. The summed E-state index contributed by atoms with van der Waals surface area (Å²) in [7, 11) is 0. The van der Waals surface area contributed by atoms with Crippen molar-refractivity contribution in [2.24, 2.45) is 5.41 Å². The minimum absolute atomic E-state index is 0.163. The van der Waals surface area contributed by atoms with Crippen molar-refractivity contribution < 1.29 is 14.6 Å². The fraction of sp³-hybridized carbons (Fsp3) is 0.889. The molecule has 0 fully saturated rings. The summed E-state index contributed by atoms with van der Waals surface area (Å²) in [6.45, 7) is 7.06. The normalized spacial score (nSPS) is 11.6. The van der Waals surface area contributed by atoms with Crippen LogP contribution in [-0.2, 0) is 9.53 Å². The molecule has 0 saturated heterocycles. The zero-order valence-corrected chi connectivity index (χ0v) is 8.09. The molecule has 3 nitrogen and oxygen atoms in total. The van der Waals surface area contributed by atoms with Crippen LogP contribution in [0, 0.1) is 5.41 Å². The van der Waals surface area contributed by atoms with Crippen LogP contribution in [-0.4, -0.2) is 24.3 Å². The van der Waals surface area contributed by atoms with E-state index in [0.717, 1.165) is 6.42 Å². The molecule has 1 N–H and O–H groups in total. The number of ether oxygens (including phenoxy) is 1. The number of aliphatic carboxylic acids is 1. The van der Waals surface area contributed by atoms with Crippen molar-refractivity contribution in [3.63, 3.8) is 0 Å².